The number of aromatic nitrogens is 2. The van der Waals surface area contributed by atoms with Crippen LogP contribution in [-0.2, 0) is 0 Å². The first kappa shape index (κ1) is 8.26. The van der Waals surface area contributed by atoms with E-state index in [9.17, 15) is 5.11 Å². The molecule has 0 aliphatic carbocycles. The first-order valence-corrected chi connectivity index (χ1v) is 4.42. The Bertz CT molecular complexity index is 408. The maximum atomic E-state index is 9.68. The Kier molecular flexibility index (Phi) is 2.02. The summed E-state index contributed by atoms with van der Waals surface area (Å²) in [6.07, 6.45) is 5.70. The van der Waals surface area contributed by atoms with Gasteiger partial charge in [-0.1, -0.05) is 6.92 Å². The summed E-state index contributed by atoms with van der Waals surface area (Å²) in [4.78, 5) is 7.08. The Morgan fingerprint density at radius 1 is 1.62 bits per heavy atom. The molecule has 0 spiro atoms. The molecule has 0 aliphatic rings. The lowest BCUT2D eigenvalue weighted by molar-refractivity contribution is 0.175. The van der Waals surface area contributed by atoms with Crippen molar-refractivity contribution in [1.29, 1.82) is 0 Å². The zero-order valence-electron chi connectivity index (χ0n) is 7.49. The van der Waals surface area contributed by atoms with Crippen molar-refractivity contribution in [2.24, 2.45) is 0 Å². The van der Waals surface area contributed by atoms with Crippen molar-refractivity contribution in [1.82, 2.24) is 9.97 Å². The number of H-pyrrole nitrogens is 1. The average molecular weight is 176 g/mol. The quantitative estimate of drug-likeness (QED) is 0.735. The lowest BCUT2D eigenvalue weighted by Crippen LogP contribution is -1.92. The molecule has 0 aliphatic heterocycles. The van der Waals surface area contributed by atoms with Crippen molar-refractivity contribution in [3.8, 4) is 0 Å². The van der Waals surface area contributed by atoms with Crippen LogP contribution in [0, 0.1) is 0 Å². The second-order valence-electron chi connectivity index (χ2n) is 3.09. The molecule has 2 N–H and O–H groups in total. The molecule has 0 bridgehead atoms. The van der Waals surface area contributed by atoms with E-state index >= 15 is 0 Å². The van der Waals surface area contributed by atoms with Gasteiger partial charge in [-0.25, -0.2) is 0 Å². The third kappa shape index (κ3) is 1.31. The summed E-state index contributed by atoms with van der Waals surface area (Å²) < 4.78 is 0. The van der Waals surface area contributed by atoms with E-state index in [2.05, 4.69) is 9.97 Å². The van der Waals surface area contributed by atoms with Gasteiger partial charge in [-0.05, 0) is 12.5 Å². The van der Waals surface area contributed by atoms with E-state index in [1.807, 2.05) is 19.2 Å². The van der Waals surface area contributed by atoms with Gasteiger partial charge in [0.15, 0.2) is 0 Å². The van der Waals surface area contributed by atoms with Crippen LogP contribution in [0.25, 0.3) is 10.9 Å². The molecule has 13 heavy (non-hydrogen) atoms. The van der Waals surface area contributed by atoms with Crippen molar-refractivity contribution in [2.45, 2.75) is 19.4 Å². The van der Waals surface area contributed by atoms with E-state index in [-0.39, 0.29) is 6.10 Å². The van der Waals surface area contributed by atoms with E-state index in [4.69, 9.17) is 0 Å². The number of hydrogen-bond acceptors (Lipinski definition) is 2. The zero-order chi connectivity index (χ0) is 9.26. The first-order valence-electron chi connectivity index (χ1n) is 4.42. The van der Waals surface area contributed by atoms with E-state index in [0.29, 0.717) is 0 Å². The number of nitrogens with one attached hydrogen (secondary N) is 1. The van der Waals surface area contributed by atoms with Gasteiger partial charge in [-0.3, -0.25) is 4.98 Å². The summed E-state index contributed by atoms with van der Waals surface area (Å²) in [6.45, 7) is 1.96. The average Bonchev–Trinajstić information content (AvgIpc) is 2.60. The summed E-state index contributed by atoms with van der Waals surface area (Å²) in [7, 11) is 0. The van der Waals surface area contributed by atoms with Crippen LogP contribution >= 0.6 is 0 Å². The molecule has 3 heteroatoms. The molecule has 2 rings (SSSR count). The van der Waals surface area contributed by atoms with Gasteiger partial charge in [0.25, 0.3) is 0 Å². The molecule has 1 unspecified atom stereocenters. The molecule has 0 amide bonds. The van der Waals surface area contributed by atoms with E-state index in [1.165, 1.54) is 0 Å². The Balaban J connectivity index is 2.57. The van der Waals surface area contributed by atoms with Crippen LogP contribution in [0.3, 0.4) is 0 Å². The van der Waals surface area contributed by atoms with Crippen LogP contribution in [0.1, 0.15) is 25.0 Å². The molecule has 0 saturated carbocycles. The minimum atomic E-state index is -0.379. The fourth-order valence-corrected chi connectivity index (χ4v) is 1.49. The number of aliphatic hydroxyl groups excluding tert-OH is 1. The van der Waals surface area contributed by atoms with Crippen LogP contribution in [0.2, 0.25) is 0 Å². The molecule has 2 aromatic rings. The lowest BCUT2D eigenvalue weighted by atomic mass is 10.1. The zero-order valence-corrected chi connectivity index (χ0v) is 7.49. The Morgan fingerprint density at radius 3 is 3.23 bits per heavy atom. The summed E-state index contributed by atoms with van der Waals surface area (Å²) in [5.74, 6) is 0. The number of hydrogen-bond donors (Lipinski definition) is 2. The molecule has 0 fully saturated rings. The number of rotatable bonds is 2. The number of aliphatic hydroxyl groups is 1. The van der Waals surface area contributed by atoms with Crippen LogP contribution in [0.15, 0.2) is 24.7 Å². The van der Waals surface area contributed by atoms with Crippen molar-refractivity contribution >= 4 is 10.9 Å². The molecule has 3 nitrogen and oxygen atoms in total. The summed E-state index contributed by atoms with van der Waals surface area (Å²) >= 11 is 0. The number of pyridine rings is 1. The Morgan fingerprint density at radius 2 is 2.46 bits per heavy atom. The third-order valence-electron chi connectivity index (χ3n) is 2.26. The second kappa shape index (κ2) is 3.18. The summed E-state index contributed by atoms with van der Waals surface area (Å²) in [5.41, 5.74) is 1.94. The highest BCUT2D eigenvalue weighted by Gasteiger charge is 2.09. The predicted molar refractivity (Wildman–Crippen MR) is 51.3 cm³/mol. The monoisotopic (exact) mass is 176 g/mol. The SMILES string of the molecule is CCC(O)c1c[nH]c2cnccc12. The minimum absolute atomic E-state index is 0.379. The fraction of sp³-hybridized carbons (Fsp3) is 0.300. The fourth-order valence-electron chi connectivity index (χ4n) is 1.49. The van der Waals surface area contributed by atoms with E-state index in [1.54, 1.807) is 12.4 Å². The van der Waals surface area contributed by atoms with Crippen molar-refractivity contribution in [3.05, 3.63) is 30.2 Å². The van der Waals surface area contributed by atoms with E-state index < -0.39 is 0 Å². The topological polar surface area (TPSA) is 48.9 Å². The van der Waals surface area contributed by atoms with Crippen LogP contribution in [0.5, 0.6) is 0 Å². The van der Waals surface area contributed by atoms with Gasteiger partial charge in [0.1, 0.15) is 0 Å². The Labute approximate surface area is 76.4 Å². The van der Waals surface area contributed by atoms with Crippen LogP contribution in [-0.4, -0.2) is 15.1 Å². The summed E-state index contributed by atoms with van der Waals surface area (Å²) in [6, 6.07) is 1.92. The highest BCUT2D eigenvalue weighted by atomic mass is 16.3. The maximum absolute atomic E-state index is 9.68. The van der Waals surface area contributed by atoms with Crippen molar-refractivity contribution < 1.29 is 5.11 Å². The molecular formula is C10H12N2O. The van der Waals surface area contributed by atoms with E-state index in [0.717, 1.165) is 22.9 Å². The second-order valence-corrected chi connectivity index (χ2v) is 3.09. The lowest BCUT2D eigenvalue weighted by Gasteiger charge is -2.04. The molecule has 1 atom stereocenters. The molecular weight excluding hydrogens is 164 g/mol. The van der Waals surface area contributed by atoms with Gasteiger partial charge < -0.3 is 10.1 Å². The largest absolute Gasteiger partial charge is 0.388 e. The van der Waals surface area contributed by atoms with Crippen LogP contribution in [0.4, 0.5) is 0 Å². The molecule has 68 valence electrons. The Hall–Kier alpha value is -1.35. The van der Waals surface area contributed by atoms with Crippen molar-refractivity contribution in [3.63, 3.8) is 0 Å². The maximum Gasteiger partial charge on any atom is 0.0808 e. The van der Waals surface area contributed by atoms with Gasteiger partial charge in [-0.15, -0.1) is 0 Å². The minimum Gasteiger partial charge on any atom is -0.388 e. The molecule has 0 saturated heterocycles. The molecule has 0 radical (unpaired) electrons. The predicted octanol–water partition coefficient (Wildman–Crippen LogP) is 2.01. The standard InChI is InChI=1S/C10H12N2O/c1-2-10(13)8-5-12-9-6-11-4-3-7(8)9/h3-6,10,12-13H,2H2,1H3. The van der Waals surface area contributed by atoms with Crippen molar-refractivity contribution in [2.75, 3.05) is 0 Å². The van der Waals surface area contributed by atoms with Gasteiger partial charge in [0, 0.05) is 23.3 Å². The molecule has 0 aromatic carbocycles. The number of aromatic amines is 1. The third-order valence-corrected chi connectivity index (χ3v) is 2.26. The molecule has 2 heterocycles. The highest BCUT2D eigenvalue weighted by molar-refractivity contribution is 5.82. The first-order chi connectivity index (χ1) is 6.33. The van der Waals surface area contributed by atoms with Gasteiger partial charge in [0.05, 0.1) is 17.8 Å². The molecule has 2 aromatic heterocycles. The number of nitrogens with zero attached hydrogens (tertiary/aromatic N) is 1. The smallest absolute Gasteiger partial charge is 0.0808 e. The highest BCUT2D eigenvalue weighted by Crippen LogP contribution is 2.24. The van der Waals surface area contributed by atoms with Gasteiger partial charge >= 0.3 is 0 Å². The normalized spacial score (nSPS) is 13.4. The van der Waals surface area contributed by atoms with Crippen LogP contribution < -0.4 is 0 Å². The van der Waals surface area contributed by atoms with Gasteiger partial charge in [-0.2, -0.15) is 0 Å². The number of fused-ring (bicyclic) bond motifs is 1. The van der Waals surface area contributed by atoms with Gasteiger partial charge in [0.2, 0.25) is 0 Å². The summed E-state index contributed by atoms with van der Waals surface area (Å²) in [5, 5.41) is 10.7.